The zero-order chi connectivity index (χ0) is 17.8. The summed E-state index contributed by atoms with van der Waals surface area (Å²) in [6.07, 6.45) is 2.47. The molecule has 1 unspecified atom stereocenters. The standard InChI is InChI=1S/C17H21ClN4O3.ClH/c18-11-3-5-13(6-4-11)22-16(24)14(21-17(22)25)7-8-15(23)20-12-2-1-9-19-10-12;/h3-6,12,14,19H,1-2,7-10H2,(H,20,23)(H,21,25);1H/t12-,14?;/m0./s1. The van der Waals surface area contributed by atoms with E-state index in [2.05, 4.69) is 16.0 Å². The van der Waals surface area contributed by atoms with Crippen LogP contribution in [0.5, 0.6) is 0 Å². The summed E-state index contributed by atoms with van der Waals surface area (Å²) in [6.45, 7) is 1.75. The van der Waals surface area contributed by atoms with Crippen LogP contribution >= 0.6 is 24.0 Å². The van der Waals surface area contributed by atoms with Crippen LogP contribution in [0, 0.1) is 0 Å². The van der Waals surface area contributed by atoms with Crippen molar-refractivity contribution in [1.29, 1.82) is 0 Å². The molecular weight excluding hydrogens is 379 g/mol. The van der Waals surface area contributed by atoms with Gasteiger partial charge in [-0.25, -0.2) is 9.69 Å². The molecule has 2 atom stereocenters. The van der Waals surface area contributed by atoms with Crippen molar-refractivity contribution in [2.75, 3.05) is 18.0 Å². The van der Waals surface area contributed by atoms with Gasteiger partial charge in [-0.1, -0.05) is 11.6 Å². The fourth-order valence-corrected chi connectivity index (χ4v) is 3.24. The van der Waals surface area contributed by atoms with E-state index in [-0.39, 0.29) is 43.1 Å². The summed E-state index contributed by atoms with van der Waals surface area (Å²) >= 11 is 5.83. The summed E-state index contributed by atoms with van der Waals surface area (Å²) in [4.78, 5) is 37.7. The molecule has 9 heteroatoms. The van der Waals surface area contributed by atoms with Gasteiger partial charge >= 0.3 is 6.03 Å². The minimum absolute atomic E-state index is 0. The van der Waals surface area contributed by atoms with E-state index in [0.717, 1.165) is 30.8 Å². The van der Waals surface area contributed by atoms with Crippen molar-refractivity contribution in [1.82, 2.24) is 16.0 Å². The average Bonchev–Trinajstić information content (AvgIpc) is 2.89. The number of piperidine rings is 1. The minimum atomic E-state index is -0.682. The van der Waals surface area contributed by atoms with Crippen LogP contribution in [0.1, 0.15) is 25.7 Å². The normalized spacial score (nSPS) is 22.6. The Labute approximate surface area is 163 Å². The number of rotatable bonds is 5. The predicted molar refractivity (Wildman–Crippen MR) is 102 cm³/mol. The molecule has 1 aromatic carbocycles. The highest BCUT2D eigenvalue weighted by atomic mass is 35.5. The fourth-order valence-electron chi connectivity index (χ4n) is 3.11. The van der Waals surface area contributed by atoms with Crippen LogP contribution in [-0.2, 0) is 9.59 Å². The molecule has 2 aliphatic rings. The number of nitrogens with zero attached hydrogens (tertiary/aromatic N) is 1. The molecule has 0 aliphatic carbocycles. The smallest absolute Gasteiger partial charge is 0.329 e. The molecule has 0 radical (unpaired) electrons. The number of hydrogen-bond acceptors (Lipinski definition) is 4. The Bertz CT molecular complexity index is 662. The van der Waals surface area contributed by atoms with Crippen LogP contribution < -0.4 is 20.9 Å². The number of halogens is 2. The highest BCUT2D eigenvalue weighted by Crippen LogP contribution is 2.23. The van der Waals surface area contributed by atoms with Crippen LogP contribution in [-0.4, -0.2) is 43.0 Å². The summed E-state index contributed by atoms with van der Waals surface area (Å²) in [5, 5.41) is 9.37. The van der Waals surface area contributed by atoms with Gasteiger partial charge in [0.15, 0.2) is 0 Å². The lowest BCUT2D eigenvalue weighted by Gasteiger charge is -2.23. The molecular formula is C17H22Cl2N4O3. The molecule has 0 spiro atoms. The highest BCUT2D eigenvalue weighted by molar-refractivity contribution is 6.30. The quantitative estimate of drug-likeness (QED) is 0.657. The molecule has 1 aromatic rings. The first-order chi connectivity index (χ1) is 12.0. The van der Waals surface area contributed by atoms with E-state index >= 15 is 0 Å². The van der Waals surface area contributed by atoms with Crippen LogP contribution in [0.3, 0.4) is 0 Å². The Hall–Kier alpha value is -1.83. The zero-order valence-electron chi connectivity index (χ0n) is 14.2. The van der Waals surface area contributed by atoms with Gasteiger partial charge in [-0.05, 0) is 50.1 Å². The van der Waals surface area contributed by atoms with E-state index in [4.69, 9.17) is 11.6 Å². The van der Waals surface area contributed by atoms with E-state index in [1.165, 1.54) is 0 Å². The van der Waals surface area contributed by atoms with Gasteiger partial charge in [0.05, 0.1) is 5.69 Å². The van der Waals surface area contributed by atoms with Crippen molar-refractivity contribution in [2.45, 2.75) is 37.8 Å². The molecule has 0 saturated carbocycles. The van der Waals surface area contributed by atoms with Crippen LogP contribution in [0.25, 0.3) is 0 Å². The molecule has 4 amide bonds. The first-order valence-corrected chi connectivity index (χ1v) is 8.82. The second kappa shape index (κ2) is 9.21. The number of imide groups is 1. The van der Waals surface area contributed by atoms with Crippen LogP contribution in [0.4, 0.5) is 10.5 Å². The maximum Gasteiger partial charge on any atom is 0.329 e. The van der Waals surface area contributed by atoms with Gasteiger partial charge < -0.3 is 16.0 Å². The van der Waals surface area contributed by atoms with Crippen molar-refractivity contribution in [3.8, 4) is 0 Å². The van der Waals surface area contributed by atoms with E-state index in [0.29, 0.717) is 10.7 Å². The Balaban J connectivity index is 0.00000243. The lowest BCUT2D eigenvalue weighted by atomic mass is 10.1. The molecule has 3 N–H and O–H groups in total. The third-order valence-corrected chi connectivity index (χ3v) is 4.68. The second-order valence-corrected chi connectivity index (χ2v) is 6.74. The minimum Gasteiger partial charge on any atom is -0.352 e. The lowest BCUT2D eigenvalue weighted by Crippen LogP contribution is -2.46. The Morgan fingerprint density at radius 3 is 2.65 bits per heavy atom. The molecule has 2 fully saturated rings. The molecule has 2 aliphatic heterocycles. The van der Waals surface area contributed by atoms with Crippen molar-refractivity contribution in [3.05, 3.63) is 29.3 Å². The summed E-state index contributed by atoms with van der Waals surface area (Å²) in [6, 6.07) is 5.45. The third kappa shape index (κ3) is 4.87. The van der Waals surface area contributed by atoms with Crippen molar-refractivity contribution in [3.63, 3.8) is 0 Å². The first kappa shape index (κ1) is 20.5. The number of carbonyl (C=O) groups is 3. The topological polar surface area (TPSA) is 90.5 Å². The number of amides is 4. The van der Waals surface area contributed by atoms with Gasteiger partial charge in [0.1, 0.15) is 6.04 Å². The molecule has 7 nitrogen and oxygen atoms in total. The molecule has 26 heavy (non-hydrogen) atoms. The summed E-state index contributed by atoms with van der Waals surface area (Å²) < 4.78 is 0. The molecule has 2 heterocycles. The van der Waals surface area contributed by atoms with Gasteiger partial charge in [0.25, 0.3) is 5.91 Å². The Morgan fingerprint density at radius 1 is 1.27 bits per heavy atom. The second-order valence-electron chi connectivity index (χ2n) is 6.30. The third-order valence-electron chi connectivity index (χ3n) is 4.43. The predicted octanol–water partition coefficient (Wildman–Crippen LogP) is 1.83. The largest absolute Gasteiger partial charge is 0.352 e. The highest BCUT2D eigenvalue weighted by Gasteiger charge is 2.38. The number of benzene rings is 1. The maximum atomic E-state index is 12.5. The summed E-state index contributed by atoms with van der Waals surface area (Å²) in [7, 11) is 0. The number of urea groups is 1. The van der Waals surface area contributed by atoms with Crippen molar-refractivity contribution in [2.24, 2.45) is 0 Å². The van der Waals surface area contributed by atoms with Crippen molar-refractivity contribution < 1.29 is 14.4 Å². The molecule has 0 aromatic heterocycles. The Kier molecular flexibility index (Phi) is 7.25. The van der Waals surface area contributed by atoms with E-state index < -0.39 is 12.1 Å². The van der Waals surface area contributed by atoms with Crippen LogP contribution in [0.2, 0.25) is 5.02 Å². The molecule has 2 saturated heterocycles. The number of carbonyl (C=O) groups excluding carboxylic acids is 3. The van der Waals surface area contributed by atoms with Gasteiger partial charge in [0.2, 0.25) is 5.91 Å². The molecule has 0 bridgehead atoms. The maximum absolute atomic E-state index is 12.5. The van der Waals surface area contributed by atoms with Gasteiger partial charge in [-0.15, -0.1) is 12.4 Å². The van der Waals surface area contributed by atoms with E-state index in [1.54, 1.807) is 24.3 Å². The first-order valence-electron chi connectivity index (χ1n) is 8.44. The number of hydrogen-bond donors (Lipinski definition) is 3. The summed E-state index contributed by atoms with van der Waals surface area (Å²) in [5.41, 5.74) is 0.465. The lowest BCUT2D eigenvalue weighted by molar-refractivity contribution is -0.122. The van der Waals surface area contributed by atoms with Gasteiger partial charge in [-0.2, -0.15) is 0 Å². The monoisotopic (exact) mass is 400 g/mol. The van der Waals surface area contributed by atoms with Crippen LogP contribution in [0.15, 0.2) is 24.3 Å². The van der Waals surface area contributed by atoms with Crippen molar-refractivity contribution >= 4 is 47.5 Å². The number of anilines is 1. The van der Waals surface area contributed by atoms with Gasteiger partial charge in [0, 0.05) is 24.0 Å². The fraction of sp³-hybridized carbons (Fsp3) is 0.471. The molecule has 3 rings (SSSR count). The summed E-state index contributed by atoms with van der Waals surface area (Å²) in [5.74, 6) is -0.444. The molecule has 142 valence electrons. The zero-order valence-corrected chi connectivity index (χ0v) is 15.7. The SMILES string of the molecule is Cl.O=C(CCC1NC(=O)N(c2ccc(Cl)cc2)C1=O)N[C@H]1CCCNC1. The Morgan fingerprint density at radius 2 is 2.00 bits per heavy atom. The van der Waals surface area contributed by atoms with E-state index in [9.17, 15) is 14.4 Å². The van der Waals surface area contributed by atoms with Gasteiger partial charge in [-0.3, -0.25) is 9.59 Å². The number of nitrogens with one attached hydrogen (secondary N) is 3. The average molecular weight is 401 g/mol. The van der Waals surface area contributed by atoms with E-state index in [1.807, 2.05) is 0 Å².